The summed E-state index contributed by atoms with van der Waals surface area (Å²) in [6, 6.07) is 16.0. The quantitative estimate of drug-likeness (QED) is 0.319. The highest BCUT2D eigenvalue weighted by molar-refractivity contribution is 6.09. The van der Waals surface area contributed by atoms with Crippen LogP contribution in [0.3, 0.4) is 0 Å². The van der Waals surface area contributed by atoms with Crippen molar-refractivity contribution < 1.29 is 19.6 Å². The Morgan fingerprint density at radius 2 is 1.57 bits per heavy atom. The molecule has 28 heavy (non-hydrogen) atoms. The third-order valence-corrected chi connectivity index (χ3v) is 4.18. The third-order valence-electron chi connectivity index (χ3n) is 4.18. The maximum absolute atomic E-state index is 12.6. The van der Waals surface area contributed by atoms with Crippen molar-refractivity contribution in [3.63, 3.8) is 0 Å². The molecule has 0 aromatic heterocycles. The smallest absolute Gasteiger partial charge is 0.255 e. The predicted molar refractivity (Wildman–Crippen MR) is 106 cm³/mol. The molecule has 4 N–H and O–H groups in total. The van der Waals surface area contributed by atoms with E-state index in [1.54, 1.807) is 24.3 Å². The summed E-state index contributed by atoms with van der Waals surface area (Å²) in [7, 11) is 0. The predicted octanol–water partition coefficient (Wildman–Crippen LogP) is 2.72. The average molecular weight is 383 g/mol. The number of carbonyl (C=O) groups is 3. The molecule has 2 aromatic carbocycles. The highest BCUT2D eigenvalue weighted by Gasteiger charge is 2.28. The van der Waals surface area contributed by atoms with Crippen molar-refractivity contribution in [2.45, 2.75) is 26.8 Å². The Bertz CT molecular complexity index is 821. The van der Waals surface area contributed by atoms with Gasteiger partial charge in [-0.25, -0.2) is 5.48 Å². The van der Waals surface area contributed by atoms with Gasteiger partial charge >= 0.3 is 0 Å². The highest BCUT2D eigenvalue weighted by Crippen LogP contribution is 2.19. The van der Waals surface area contributed by atoms with Gasteiger partial charge in [0.2, 0.25) is 5.91 Å². The van der Waals surface area contributed by atoms with E-state index < -0.39 is 17.7 Å². The number of nitrogens with one attached hydrogen (secondary N) is 3. The van der Waals surface area contributed by atoms with Crippen LogP contribution in [0.2, 0.25) is 0 Å². The summed E-state index contributed by atoms with van der Waals surface area (Å²) in [6.07, 6.45) is 0.264. The van der Waals surface area contributed by atoms with E-state index in [0.717, 1.165) is 5.56 Å². The largest absolute Gasteiger partial charge is 0.348 e. The first-order chi connectivity index (χ1) is 13.4. The molecule has 0 spiro atoms. The first-order valence-corrected chi connectivity index (χ1v) is 9.08. The average Bonchev–Trinajstić information content (AvgIpc) is 2.70. The molecular weight excluding hydrogens is 358 g/mol. The molecular formula is C21H25N3O4. The van der Waals surface area contributed by atoms with E-state index in [1.165, 1.54) is 5.48 Å². The molecule has 0 fully saturated rings. The van der Waals surface area contributed by atoms with Gasteiger partial charge in [-0.15, -0.1) is 0 Å². The fraction of sp³-hybridized carbons (Fsp3) is 0.286. The number of benzene rings is 2. The highest BCUT2D eigenvalue weighted by atomic mass is 16.5. The minimum Gasteiger partial charge on any atom is -0.348 e. The summed E-state index contributed by atoms with van der Waals surface area (Å²) < 4.78 is 0. The molecule has 0 unspecified atom stereocenters. The van der Waals surface area contributed by atoms with E-state index in [0.29, 0.717) is 17.8 Å². The van der Waals surface area contributed by atoms with E-state index in [-0.39, 0.29) is 18.2 Å². The maximum atomic E-state index is 12.6. The Morgan fingerprint density at radius 1 is 0.929 bits per heavy atom. The van der Waals surface area contributed by atoms with Crippen LogP contribution in [0.5, 0.6) is 0 Å². The summed E-state index contributed by atoms with van der Waals surface area (Å²) in [6.45, 7) is 4.09. The fourth-order valence-corrected chi connectivity index (χ4v) is 2.77. The second kappa shape index (κ2) is 10.2. The van der Waals surface area contributed by atoms with E-state index in [4.69, 9.17) is 5.21 Å². The SMILES string of the molecule is CC(C)C[C@@H](C(=O)NO)C(=O)Nc1ccccc1C(=O)NCc1ccccc1. The lowest BCUT2D eigenvalue weighted by molar-refractivity contribution is -0.139. The second-order valence-electron chi connectivity index (χ2n) is 6.86. The third kappa shape index (κ3) is 5.92. The van der Waals surface area contributed by atoms with Crippen molar-refractivity contribution in [3.8, 4) is 0 Å². The number of carbonyl (C=O) groups excluding carboxylic acids is 3. The Balaban J connectivity index is 2.12. The Kier molecular flexibility index (Phi) is 7.71. The van der Waals surface area contributed by atoms with E-state index in [9.17, 15) is 14.4 Å². The first-order valence-electron chi connectivity index (χ1n) is 9.08. The van der Waals surface area contributed by atoms with Crippen LogP contribution in [-0.4, -0.2) is 22.9 Å². The summed E-state index contributed by atoms with van der Waals surface area (Å²) in [5.74, 6) is -2.70. The molecule has 148 valence electrons. The molecule has 2 aromatic rings. The summed E-state index contributed by atoms with van der Waals surface area (Å²) in [5, 5.41) is 14.4. The van der Waals surface area contributed by atoms with Gasteiger partial charge in [0.15, 0.2) is 0 Å². The number of hydroxylamine groups is 1. The topological polar surface area (TPSA) is 108 Å². The Morgan fingerprint density at radius 3 is 2.21 bits per heavy atom. The van der Waals surface area contributed by atoms with Gasteiger partial charge in [0, 0.05) is 6.54 Å². The van der Waals surface area contributed by atoms with Gasteiger partial charge in [-0.1, -0.05) is 56.3 Å². The molecule has 7 heteroatoms. The zero-order valence-corrected chi connectivity index (χ0v) is 15.9. The molecule has 1 atom stereocenters. The molecule has 2 rings (SSSR count). The Hall–Kier alpha value is -3.19. The first kappa shape index (κ1) is 21.1. The van der Waals surface area contributed by atoms with Crippen LogP contribution in [0.15, 0.2) is 54.6 Å². The minimum atomic E-state index is -1.06. The molecule has 7 nitrogen and oxygen atoms in total. The van der Waals surface area contributed by atoms with Crippen LogP contribution < -0.4 is 16.1 Å². The number of para-hydroxylation sites is 1. The van der Waals surface area contributed by atoms with Crippen molar-refractivity contribution in [1.29, 1.82) is 0 Å². The van der Waals surface area contributed by atoms with Crippen LogP contribution >= 0.6 is 0 Å². The Labute approximate surface area is 164 Å². The lowest BCUT2D eigenvalue weighted by atomic mass is 9.95. The van der Waals surface area contributed by atoms with Gasteiger partial charge < -0.3 is 10.6 Å². The van der Waals surface area contributed by atoms with Gasteiger partial charge in [-0.2, -0.15) is 0 Å². The molecule has 0 aliphatic rings. The molecule has 0 saturated heterocycles. The monoisotopic (exact) mass is 383 g/mol. The number of rotatable bonds is 8. The van der Waals surface area contributed by atoms with Crippen molar-refractivity contribution in [1.82, 2.24) is 10.8 Å². The van der Waals surface area contributed by atoms with E-state index >= 15 is 0 Å². The lowest BCUT2D eigenvalue weighted by Gasteiger charge is -2.18. The maximum Gasteiger partial charge on any atom is 0.255 e. The van der Waals surface area contributed by atoms with Gasteiger partial charge in [-0.05, 0) is 30.0 Å². The number of hydrogen-bond acceptors (Lipinski definition) is 4. The lowest BCUT2D eigenvalue weighted by Crippen LogP contribution is -2.38. The van der Waals surface area contributed by atoms with Crippen molar-refractivity contribution in [2.24, 2.45) is 11.8 Å². The van der Waals surface area contributed by atoms with Gasteiger partial charge in [-0.3, -0.25) is 19.6 Å². The van der Waals surface area contributed by atoms with Crippen LogP contribution in [0, 0.1) is 11.8 Å². The van der Waals surface area contributed by atoms with Crippen LogP contribution in [0.1, 0.15) is 36.2 Å². The standard InChI is InChI=1S/C21H25N3O4/c1-14(2)12-17(21(27)24-28)20(26)23-18-11-7-6-10-16(18)19(25)22-13-15-8-4-3-5-9-15/h3-11,14,17,28H,12-13H2,1-2H3,(H,22,25)(H,23,26)(H,24,27)/t17-/m1/s1. The van der Waals surface area contributed by atoms with Crippen molar-refractivity contribution >= 4 is 23.4 Å². The molecule has 0 radical (unpaired) electrons. The summed E-state index contributed by atoms with van der Waals surface area (Å²) in [4.78, 5) is 37.0. The number of amides is 3. The minimum absolute atomic E-state index is 0.0671. The molecule has 3 amide bonds. The van der Waals surface area contributed by atoms with Crippen LogP contribution in [0.4, 0.5) is 5.69 Å². The second-order valence-corrected chi connectivity index (χ2v) is 6.86. The molecule has 0 bridgehead atoms. The number of anilines is 1. The van der Waals surface area contributed by atoms with Gasteiger partial charge in [0.25, 0.3) is 11.8 Å². The molecule has 0 saturated carbocycles. The fourth-order valence-electron chi connectivity index (χ4n) is 2.77. The van der Waals surface area contributed by atoms with E-state index in [1.807, 2.05) is 44.2 Å². The van der Waals surface area contributed by atoms with Crippen molar-refractivity contribution in [2.75, 3.05) is 5.32 Å². The van der Waals surface area contributed by atoms with Crippen LogP contribution in [0.25, 0.3) is 0 Å². The number of hydrogen-bond donors (Lipinski definition) is 4. The van der Waals surface area contributed by atoms with E-state index in [2.05, 4.69) is 10.6 Å². The zero-order valence-electron chi connectivity index (χ0n) is 15.9. The van der Waals surface area contributed by atoms with Crippen LogP contribution in [-0.2, 0) is 16.1 Å². The molecule has 0 heterocycles. The zero-order chi connectivity index (χ0) is 20.5. The summed E-state index contributed by atoms with van der Waals surface area (Å²) in [5.41, 5.74) is 3.08. The molecule has 0 aliphatic heterocycles. The summed E-state index contributed by atoms with van der Waals surface area (Å²) >= 11 is 0. The normalized spacial score (nSPS) is 11.6. The van der Waals surface area contributed by atoms with Gasteiger partial charge in [0.05, 0.1) is 11.3 Å². The van der Waals surface area contributed by atoms with Crippen molar-refractivity contribution in [3.05, 3.63) is 65.7 Å². The molecule has 0 aliphatic carbocycles. The van der Waals surface area contributed by atoms with Gasteiger partial charge in [0.1, 0.15) is 5.92 Å².